The Labute approximate surface area is 128 Å². The maximum Gasteiger partial charge on any atom is 0.326 e. The SMILES string of the molecule is COCCC(NC(=O)c1c[nH]cc1-c1ccccc1)C(=O)O. The van der Waals surface area contributed by atoms with Gasteiger partial charge in [-0.25, -0.2) is 4.79 Å². The number of nitrogens with one attached hydrogen (secondary N) is 2. The summed E-state index contributed by atoms with van der Waals surface area (Å²) in [6.45, 7) is 0.260. The normalized spacial score (nSPS) is 11.9. The number of H-pyrrole nitrogens is 1. The van der Waals surface area contributed by atoms with E-state index in [1.165, 1.54) is 7.11 Å². The van der Waals surface area contributed by atoms with Crippen molar-refractivity contribution in [3.05, 3.63) is 48.3 Å². The second-order valence-corrected chi connectivity index (χ2v) is 4.79. The van der Waals surface area contributed by atoms with Crippen molar-refractivity contribution in [2.75, 3.05) is 13.7 Å². The van der Waals surface area contributed by atoms with Gasteiger partial charge in [0.2, 0.25) is 0 Å². The van der Waals surface area contributed by atoms with Gasteiger partial charge in [0.15, 0.2) is 0 Å². The molecule has 1 aromatic carbocycles. The summed E-state index contributed by atoms with van der Waals surface area (Å²) in [5.41, 5.74) is 2.03. The predicted octanol–water partition coefficient (Wildman–Crippen LogP) is 1.90. The first-order valence-corrected chi connectivity index (χ1v) is 6.88. The maximum absolute atomic E-state index is 12.3. The summed E-state index contributed by atoms with van der Waals surface area (Å²) in [5, 5.41) is 11.7. The number of aromatic amines is 1. The molecule has 1 heterocycles. The number of carboxylic acids is 1. The number of amides is 1. The molecule has 0 radical (unpaired) electrons. The van der Waals surface area contributed by atoms with Crippen LogP contribution in [0.25, 0.3) is 11.1 Å². The number of hydrogen-bond acceptors (Lipinski definition) is 3. The minimum absolute atomic E-state index is 0.211. The van der Waals surface area contributed by atoms with Crippen molar-refractivity contribution in [1.29, 1.82) is 0 Å². The minimum Gasteiger partial charge on any atom is -0.480 e. The van der Waals surface area contributed by atoms with Crippen molar-refractivity contribution in [3.8, 4) is 11.1 Å². The molecule has 0 saturated carbocycles. The Morgan fingerprint density at radius 1 is 1.27 bits per heavy atom. The molecule has 1 amide bonds. The third kappa shape index (κ3) is 3.73. The standard InChI is InChI=1S/C16H18N2O4/c1-22-8-7-14(16(20)21)18-15(19)13-10-17-9-12(13)11-5-3-2-4-6-11/h2-6,9-10,14,17H,7-8H2,1H3,(H,18,19)(H,20,21). The van der Waals surface area contributed by atoms with Crippen LogP contribution in [-0.2, 0) is 9.53 Å². The van der Waals surface area contributed by atoms with Crippen LogP contribution in [0.3, 0.4) is 0 Å². The lowest BCUT2D eigenvalue weighted by molar-refractivity contribution is -0.139. The number of carbonyl (C=O) groups is 2. The fraction of sp³-hybridized carbons (Fsp3) is 0.250. The van der Waals surface area contributed by atoms with Crippen molar-refractivity contribution >= 4 is 11.9 Å². The van der Waals surface area contributed by atoms with Crippen LogP contribution in [0.2, 0.25) is 0 Å². The van der Waals surface area contributed by atoms with Gasteiger partial charge < -0.3 is 20.1 Å². The van der Waals surface area contributed by atoms with Gasteiger partial charge in [0, 0.05) is 38.1 Å². The summed E-state index contributed by atoms with van der Waals surface area (Å²) in [7, 11) is 1.49. The number of carboxylic acid groups (broad SMARTS) is 1. The number of aliphatic carboxylic acids is 1. The molecule has 0 aliphatic rings. The second kappa shape index (κ2) is 7.42. The van der Waals surface area contributed by atoms with Crippen LogP contribution in [0.4, 0.5) is 0 Å². The average Bonchev–Trinajstić information content (AvgIpc) is 3.01. The summed E-state index contributed by atoms with van der Waals surface area (Å²) in [6, 6.07) is 8.44. The number of carbonyl (C=O) groups excluding carboxylic acids is 1. The highest BCUT2D eigenvalue weighted by atomic mass is 16.5. The number of hydrogen-bond donors (Lipinski definition) is 3. The Kier molecular flexibility index (Phi) is 5.32. The fourth-order valence-corrected chi connectivity index (χ4v) is 2.14. The van der Waals surface area contributed by atoms with Gasteiger partial charge >= 0.3 is 5.97 Å². The first-order chi connectivity index (χ1) is 10.6. The maximum atomic E-state index is 12.3. The van der Waals surface area contributed by atoms with Crippen LogP contribution in [0.1, 0.15) is 16.8 Å². The van der Waals surface area contributed by atoms with E-state index in [1.807, 2.05) is 30.3 Å². The van der Waals surface area contributed by atoms with Crippen molar-refractivity contribution in [2.45, 2.75) is 12.5 Å². The molecular formula is C16H18N2O4. The molecular weight excluding hydrogens is 284 g/mol. The molecule has 3 N–H and O–H groups in total. The van der Waals surface area contributed by atoms with Crippen LogP contribution in [0, 0.1) is 0 Å². The van der Waals surface area contributed by atoms with Crippen molar-refractivity contribution in [3.63, 3.8) is 0 Å². The molecule has 6 nitrogen and oxygen atoms in total. The Morgan fingerprint density at radius 3 is 2.64 bits per heavy atom. The van der Waals surface area contributed by atoms with Gasteiger partial charge in [-0.15, -0.1) is 0 Å². The molecule has 6 heteroatoms. The monoisotopic (exact) mass is 302 g/mol. The first kappa shape index (κ1) is 15.8. The number of aromatic nitrogens is 1. The molecule has 1 atom stereocenters. The number of methoxy groups -OCH3 is 1. The van der Waals surface area contributed by atoms with E-state index in [4.69, 9.17) is 9.84 Å². The smallest absolute Gasteiger partial charge is 0.326 e. The van der Waals surface area contributed by atoms with E-state index in [-0.39, 0.29) is 13.0 Å². The van der Waals surface area contributed by atoms with Crippen LogP contribution < -0.4 is 5.32 Å². The van der Waals surface area contributed by atoms with E-state index in [0.29, 0.717) is 5.56 Å². The fourth-order valence-electron chi connectivity index (χ4n) is 2.14. The zero-order chi connectivity index (χ0) is 15.9. The largest absolute Gasteiger partial charge is 0.480 e. The molecule has 1 unspecified atom stereocenters. The number of ether oxygens (including phenoxy) is 1. The molecule has 2 rings (SSSR count). The molecule has 0 aliphatic carbocycles. The Balaban J connectivity index is 2.16. The van der Waals surface area contributed by atoms with Crippen molar-refractivity contribution in [1.82, 2.24) is 10.3 Å². The molecule has 116 valence electrons. The van der Waals surface area contributed by atoms with E-state index >= 15 is 0 Å². The highest BCUT2D eigenvalue weighted by Crippen LogP contribution is 2.23. The molecule has 22 heavy (non-hydrogen) atoms. The molecule has 2 aromatic rings. The molecule has 0 fully saturated rings. The van der Waals surface area contributed by atoms with E-state index in [0.717, 1.165) is 11.1 Å². The predicted molar refractivity (Wildman–Crippen MR) is 81.6 cm³/mol. The Morgan fingerprint density at radius 2 is 2.00 bits per heavy atom. The second-order valence-electron chi connectivity index (χ2n) is 4.79. The van der Waals surface area contributed by atoms with Crippen LogP contribution in [0.15, 0.2) is 42.7 Å². The highest BCUT2D eigenvalue weighted by Gasteiger charge is 2.22. The van der Waals surface area contributed by atoms with Crippen molar-refractivity contribution < 1.29 is 19.4 Å². The van der Waals surface area contributed by atoms with Crippen LogP contribution in [-0.4, -0.2) is 41.7 Å². The first-order valence-electron chi connectivity index (χ1n) is 6.88. The third-order valence-electron chi connectivity index (χ3n) is 3.29. The molecule has 0 bridgehead atoms. The molecule has 0 saturated heterocycles. The number of benzene rings is 1. The third-order valence-corrected chi connectivity index (χ3v) is 3.29. The van der Waals surface area contributed by atoms with E-state index in [1.54, 1.807) is 12.4 Å². The summed E-state index contributed by atoms with van der Waals surface area (Å²) >= 11 is 0. The van der Waals surface area contributed by atoms with Gasteiger partial charge in [0.25, 0.3) is 5.91 Å². The van der Waals surface area contributed by atoms with Gasteiger partial charge in [-0.1, -0.05) is 30.3 Å². The molecule has 0 aliphatic heterocycles. The summed E-state index contributed by atoms with van der Waals surface area (Å²) in [4.78, 5) is 26.4. The lowest BCUT2D eigenvalue weighted by Gasteiger charge is -2.14. The lowest BCUT2D eigenvalue weighted by atomic mass is 10.0. The van der Waals surface area contributed by atoms with Gasteiger partial charge in [-0.05, 0) is 5.56 Å². The van der Waals surface area contributed by atoms with Crippen molar-refractivity contribution in [2.24, 2.45) is 0 Å². The topological polar surface area (TPSA) is 91.4 Å². The average molecular weight is 302 g/mol. The quantitative estimate of drug-likeness (QED) is 0.728. The zero-order valence-electron chi connectivity index (χ0n) is 12.2. The van der Waals surface area contributed by atoms with Gasteiger partial charge in [0.1, 0.15) is 6.04 Å². The van der Waals surface area contributed by atoms with E-state index < -0.39 is 17.9 Å². The van der Waals surface area contributed by atoms with Crippen LogP contribution >= 0.6 is 0 Å². The summed E-state index contributed by atoms with van der Waals surface area (Å²) < 4.78 is 4.87. The Hall–Kier alpha value is -2.60. The number of rotatable bonds is 7. The highest BCUT2D eigenvalue weighted by molar-refractivity contribution is 6.02. The zero-order valence-corrected chi connectivity index (χ0v) is 12.2. The Bertz CT molecular complexity index is 637. The summed E-state index contributed by atoms with van der Waals surface area (Å²) in [6.07, 6.45) is 3.49. The van der Waals surface area contributed by atoms with Crippen LogP contribution in [0.5, 0.6) is 0 Å². The molecule has 1 aromatic heterocycles. The van der Waals surface area contributed by atoms with Gasteiger partial charge in [0.05, 0.1) is 5.56 Å². The summed E-state index contributed by atoms with van der Waals surface area (Å²) in [5.74, 6) is -1.51. The molecule has 0 spiro atoms. The van der Waals surface area contributed by atoms with E-state index in [2.05, 4.69) is 10.3 Å². The van der Waals surface area contributed by atoms with Gasteiger partial charge in [-0.3, -0.25) is 4.79 Å². The van der Waals surface area contributed by atoms with Gasteiger partial charge in [-0.2, -0.15) is 0 Å². The lowest BCUT2D eigenvalue weighted by Crippen LogP contribution is -2.41. The minimum atomic E-state index is -1.08. The van der Waals surface area contributed by atoms with E-state index in [9.17, 15) is 9.59 Å².